The Labute approximate surface area is 329 Å². The highest BCUT2D eigenvalue weighted by Crippen LogP contribution is 2.37. The lowest BCUT2D eigenvalue weighted by molar-refractivity contribution is -0.141. The number of aryl methyl sites for hydroxylation is 1. The Morgan fingerprint density at radius 2 is 1.69 bits per heavy atom. The van der Waals surface area contributed by atoms with E-state index in [1.807, 2.05) is 12.1 Å². The van der Waals surface area contributed by atoms with Crippen molar-refractivity contribution in [3.05, 3.63) is 87.7 Å². The SMILES string of the molecule is Cn1c(=O)n(C2CCC(=O)NC2=O)c2cccc(CC3CCN(C[C@H]4CC[C@H](n5cc6cc(NC(=O)c7cccc(C(F)(F)F)n7)c(C(F)F)cc6n5)CC4)CC3)c21. The van der Waals surface area contributed by atoms with Gasteiger partial charge in [-0.2, -0.15) is 18.3 Å². The second-order valence-electron chi connectivity index (χ2n) is 15.9. The molecule has 17 heteroatoms. The van der Waals surface area contributed by atoms with E-state index in [0.29, 0.717) is 34.7 Å². The molecule has 1 unspecified atom stereocenters. The number of benzene rings is 2. The van der Waals surface area contributed by atoms with Gasteiger partial charge in [0.05, 0.1) is 28.3 Å². The Kier molecular flexibility index (Phi) is 10.7. The van der Waals surface area contributed by atoms with Crippen LogP contribution in [0.15, 0.2) is 59.5 Å². The van der Waals surface area contributed by atoms with Gasteiger partial charge in [-0.15, -0.1) is 0 Å². The highest BCUT2D eigenvalue weighted by Gasteiger charge is 2.34. The minimum absolute atomic E-state index is 0.0697. The maximum Gasteiger partial charge on any atom is 0.433 e. The molecule has 8 rings (SSSR count). The number of nitrogens with zero attached hydrogens (tertiary/aromatic N) is 6. The van der Waals surface area contributed by atoms with Crippen molar-refractivity contribution in [2.75, 3.05) is 25.0 Å². The van der Waals surface area contributed by atoms with Crippen molar-refractivity contribution in [3.63, 3.8) is 0 Å². The zero-order chi connectivity index (χ0) is 40.9. The average molecular weight is 807 g/mol. The summed E-state index contributed by atoms with van der Waals surface area (Å²) in [5.41, 5.74) is 0.163. The van der Waals surface area contributed by atoms with Gasteiger partial charge in [0, 0.05) is 37.2 Å². The van der Waals surface area contributed by atoms with E-state index in [1.165, 1.54) is 16.7 Å². The number of alkyl halides is 5. The predicted octanol–water partition coefficient (Wildman–Crippen LogP) is 6.96. The Bertz CT molecular complexity index is 2440. The number of pyridine rings is 1. The molecule has 58 heavy (non-hydrogen) atoms. The molecule has 2 N–H and O–H groups in total. The number of imide groups is 1. The van der Waals surface area contributed by atoms with Gasteiger partial charge in [-0.25, -0.2) is 18.6 Å². The van der Waals surface area contributed by atoms with Gasteiger partial charge in [-0.3, -0.25) is 33.5 Å². The Balaban J connectivity index is 0.861. The molecular formula is C41H43F5N8O4. The Hall–Kier alpha value is -5.45. The van der Waals surface area contributed by atoms with E-state index >= 15 is 0 Å². The molecule has 306 valence electrons. The van der Waals surface area contributed by atoms with Crippen LogP contribution in [0.25, 0.3) is 21.9 Å². The summed E-state index contributed by atoms with van der Waals surface area (Å²) in [6.07, 6.45) is 1.06. The fraction of sp³-hybridized carbons (Fsp3) is 0.463. The summed E-state index contributed by atoms with van der Waals surface area (Å²) in [6, 6.07) is 10.6. The Morgan fingerprint density at radius 3 is 2.40 bits per heavy atom. The number of nitrogens with one attached hydrogen (secondary N) is 2. The van der Waals surface area contributed by atoms with E-state index in [1.54, 1.807) is 22.5 Å². The number of rotatable bonds is 9. The molecule has 0 spiro atoms. The van der Waals surface area contributed by atoms with Gasteiger partial charge in [0.15, 0.2) is 0 Å². The number of hydrogen-bond acceptors (Lipinski definition) is 7. The maximum absolute atomic E-state index is 14.1. The smallest absolute Gasteiger partial charge is 0.320 e. The molecule has 0 radical (unpaired) electrons. The minimum Gasteiger partial charge on any atom is -0.320 e. The summed E-state index contributed by atoms with van der Waals surface area (Å²) in [7, 11) is 1.73. The second-order valence-corrected chi connectivity index (χ2v) is 15.9. The number of imidazole rings is 1. The first-order valence-electron chi connectivity index (χ1n) is 19.6. The van der Waals surface area contributed by atoms with Crippen molar-refractivity contribution in [3.8, 4) is 0 Å². The largest absolute Gasteiger partial charge is 0.433 e. The number of carbonyl (C=O) groups excluding carboxylic acids is 3. The first kappa shape index (κ1) is 39.4. The standard InChI is InChI=1S/C41H43F5N8O4/c1-51-36-25(4-2-6-32(36)54(40(51)58)33-12-13-35(55)49-39(33)57)18-23-14-16-52(17-15-23)21-24-8-10-27(11-9-24)53-22-26-19-31(28(37(42)43)20-30(26)50-53)48-38(56)29-5-3-7-34(47-29)41(44,45)46/h2-7,19-20,22-24,27,33,37H,8-18,21H2,1H3,(H,48,56)(H,49,55,57)/t24-,27-,33?. The molecule has 3 amide bonds. The van der Waals surface area contributed by atoms with Crippen LogP contribution in [-0.2, 0) is 29.2 Å². The van der Waals surface area contributed by atoms with Crippen LogP contribution < -0.4 is 16.3 Å². The number of fused-ring (bicyclic) bond motifs is 2. The lowest BCUT2D eigenvalue weighted by Crippen LogP contribution is -2.44. The summed E-state index contributed by atoms with van der Waals surface area (Å²) in [6.45, 7) is 2.92. The fourth-order valence-corrected chi connectivity index (χ4v) is 9.04. The molecule has 5 aromatic rings. The molecule has 3 aromatic heterocycles. The molecule has 2 saturated heterocycles. The third-order valence-electron chi connectivity index (χ3n) is 12.1. The molecule has 1 aliphatic carbocycles. The third kappa shape index (κ3) is 7.87. The summed E-state index contributed by atoms with van der Waals surface area (Å²) in [4.78, 5) is 56.5. The van der Waals surface area contributed by atoms with Gasteiger partial charge in [0.25, 0.3) is 12.3 Å². The van der Waals surface area contributed by atoms with Crippen molar-refractivity contribution in [1.82, 2.24) is 34.1 Å². The van der Waals surface area contributed by atoms with Crippen LogP contribution in [0.4, 0.5) is 27.6 Å². The molecular weight excluding hydrogens is 763 g/mol. The van der Waals surface area contributed by atoms with Gasteiger partial charge in [-0.05, 0) is 112 Å². The number of halogens is 5. The van der Waals surface area contributed by atoms with Crippen molar-refractivity contribution in [2.45, 2.75) is 82.5 Å². The van der Waals surface area contributed by atoms with Gasteiger partial charge >= 0.3 is 11.9 Å². The van der Waals surface area contributed by atoms with Crippen LogP contribution in [0.2, 0.25) is 0 Å². The molecule has 0 bridgehead atoms. The number of amides is 3. The van der Waals surface area contributed by atoms with E-state index in [2.05, 4.69) is 31.7 Å². The number of piperidine rings is 2. The van der Waals surface area contributed by atoms with Crippen molar-refractivity contribution in [1.29, 1.82) is 0 Å². The van der Waals surface area contributed by atoms with E-state index in [4.69, 9.17) is 0 Å². The number of hydrogen-bond donors (Lipinski definition) is 2. The highest BCUT2D eigenvalue weighted by atomic mass is 19.4. The summed E-state index contributed by atoms with van der Waals surface area (Å²) >= 11 is 0. The molecule has 3 fully saturated rings. The Morgan fingerprint density at radius 1 is 0.948 bits per heavy atom. The van der Waals surface area contributed by atoms with Crippen LogP contribution in [0.3, 0.4) is 0 Å². The first-order valence-corrected chi connectivity index (χ1v) is 19.6. The van der Waals surface area contributed by atoms with Crippen LogP contribution >= 0.6 is 0 Å². The van der Waals surface area contributed by atoms with Gasteiger partial charge in [0.2, 0.25) is 11.8 Å². The van der Waals surface area contributed by atoms with Crippen LogP contribution in [0, 0.1) is 11.8 Å². The van der Waals surface area contributed by atoms with E-state index < -0.39 is 47.4 Å². The first-order chi connectivity index (χ1) is 27.7. The number of para-hydroxylation sites is 1. The molecule has 1 saturated carbocycles. The van der Waals surface area contributed by atoms with E-state index in [0.717, 1.165) is 93.9 Å². The van der Waals surface area contributed by atoms with Crippen molar-refractivity contribution < 1.29 is 36.3 Å². The third-order valence-corrected chi connectivity index (χ3v) is 12.1. The number of anilines is 1. The zero-order valence-corrected chi connectivity index (χ0v) is 31.8. The predicted molar refractivity (Wildman–Crippen MR) is 204 cm³/mol. The fourth-order valence-electron chi connectivity index (χ4n) is 9.04. The van der Waals surface area contributed by atoms with Gasteiger partial charge in [0.1, 0.15) is 17.4 Å². The van der Waals surface area contributed by atoms with E-state index in [9.17, 15) is 41.1 Å². The monoisotopic (exact) mass is 806 g/mol. The van der Waals surface area contributed by atoms with E-state index in [-0.39, 0.29) is 29.7 Å². The topological polar surface area (TPSA) is 136 Å². The van der Waals surface area contributed by atoms with Crippen LogP contribution in [-0.4, -0.2) is 66.2 Å². The minimum atomic E-state index is -4.77. The van der Waals surface area contributed by atoms with Crippen molar-refractivity contribution in [2.24, 2.45) is 18.9 Å². The van der Waals surface area contributed by atoms with Crippen LogP contribution in [0.1, 0.15) is 97.2 Å². The highest BCUT2D eigenvalue weighted by molar-refractivity contribution is 6.04. The number of likely N-dealkylation sites (tertiary alicyclic amines) is 1. The zero-order valence-electron chi connectivity index (χ0n) is 31.8. The molecule has 2 aromatic carbocycles. The maximum atomic E-state index is 14.1. The quantitative estimate of drug-likeness (QED) is 0.122. The summed E-state index contributed by atoms with van der Waals surface area (Å²) in [5, 5.41) is 9.83. The second kappa shape index (κ2) is 15.7. The lowest BCUT2D eigenvalue weighted by Gasteiger charge is -2.36. The number of aromatic nitrogens is 5. The molecule has 3 aliphatic rings. The number of carbonyl (C=O) groups is 3. The van der Waals surface area contributed by atoms with Crippen LogP contribution in [0.5, 0.6) is 0 Å². The summed E-state index contributed by atoms with van der Waals surface area (Å²) < 4.78 is 72.6. The average Bonchev–Trinajstić information content (AvgIpc) is 3.73. The molecule has 1 atom stereocenters. The molecule has 12 nitrogen and oxygen atoms in total. The lowest BCUT2D eigenvalue weighted by atomic mass is 9.84. The molecule has 5 heterocycles. The van der Waals surface area contributed by atoms with Gasteiger partial charge < -0.3 is 10.2 Å². The summed E-state index contributed by atoms with van der Waals surface area (Å²) in [5.74, 6) is -0.858. The normalized spacial score (nSPS) is 21.3. The van der Waals surface area contributed by atoms with Crippen molar-refractivity contribution >= 4 is 45.3 Å². The molecule has 2 aliphatic heterocycles. The van der Waals surface area contributed by atoms with Gasteiger partial charge in [-0.1, -0.05) is 18.2 Å².